The van der Waals surface area contributed by atoms with E-state index >= 15 is 0 Å². The molecule has 12 heavy (non-hydrogen) atoms. The summed E-state index contributed by atoms with van der Waals surface area (Å²) in [5.74, 6) is 0. The molecule has 0 radical (unpaired) electrons. The van der Waals surface area contributed by atoms with Crippen molar-refractivity contribution in [3.8, 4) is 0 Å². The second-order valence-corrected chi connectivity index (χ2v) is 5.51. The van der Waals surface area contributed by atoms with Crippen LogP contribution in [-0.4, -0.2) is 9.70 Å². The topological polar surface area (TPSA) is 0 Å². The highest BCUT2D eigenvalue weighted by Gasteiger charge is 2.23. The molecule has 1 atom stereocenters. The van der Waals surface area contributed by atoms with E-state index in [2.05, 4.69) is 29.1 Å². The van der Waals surface area contributed by atoms with Gasteiger partial charge in [0.2, 0.25) is 0 Å². The van der Waals surface area contributed by atoms with Gasteiger partial charge in [-0.3, -0.25) is 0 Å². The zero-order valence-electron chi connectivity index (χ0n) is 7.74. The predicted molar refractivity (Wildman–Crippen MR) is 61.2 cm³/mol. The molecule has 0 aliphatic carbocycles. The van der Waals surface area contributed by atoms with E-state index in [-0.39, 0.29) is 4.87 Å². The van der Waals surface area contributed by atoms with Crippen LogP contribution in [-0.2, 0) is 0 Å². The minimum Gasteiger partial charge on any atom is -0.119 e. The Morgan fingerprint density at radius 2 is 2.17 bits per heavy atom. The number of hydrogen-bond acceptors (Lipinski definition) is 0. The van der Waals surface area contributed by atoms with Gasteiger partial charge >= 0.3 is 0 Å². The van der Waals surface area contributed by atoms with Crippen molar-refractivity contribution in [2.45, 2.75) is 36.4 Å². The highest BCUT2D eigenvalue weighted by Crippen LogP contribution is 2.29. The SMILES string of the molecule is C=CC(=C)CCC(Br)C(C)(C)Cl. The quantitative estimate of drug-likeness (QED) is 0.505. The molecular weight excluding hydrogens is 235 g/mol. The van der Waals surface area contributed by atoms with Gasteiger partial charge in [0.15, 0.2) is 0 Å². The fraction of sp³-hybridized carbons (Fsp3) is 0.600. The summed E-state index contributed by atoms with van der Waals surface area (Å²) in [6.07, 6.45) is 3.75. The van der Waals surface area contributed by atoms with Gasteiger partial charge in [-0.25, -0.2) is 0 Å². The third-order valence-corrected chi connectivity index (χ3v) is 3.88. The largest absolute Gasteiger partial charge is 0.119 e. The smallest absolute Gasteiger partial charge is 0.0515 e. The van der Waals surface area contributed by atoms with Crippen LogP contribution < -0.4 is 0 Å². The summed E-state index contributed by atoms with van der Waals surface area (Å²) in [5, 5.41) is 0. The zero-order chi connectivity index (χ0) is 9.78. The van der Waals surface area contributed by atoms with E-state index in [0.29, 0.717) is 4.83 Å². The first kappa shape index (κ1) is 12.2. The maximum absolute atomic E-state index is 6.11. The highest BCUT2D eigenvalue weighted by atomic mass is 79.9. The van der Waals surface area contributed by atoms with Crippen LogP contribution in [0.5, 0.6) is 0 Å². The number of rotatable bonds is 5. The van der Waals surface area contributed by atoms with E-state index in [9.17, 15) is 0 Å². The second kappa shape index (κ2) is 5.08. The first-order valence-corrected chi connectivity index (χ1v) is 5.30. The van der Waals surface area contributed by atoms with Crippen LogP contribution in [0, 0.1) is 0 Å². The first-order valence-electron chi connectivity index (χ1n) is 4.01. The molecule has 2 heteroatoms. The summed E-state index contributed by atoms with van der Waals surface area (Å²) >= 11 is 9.66. The third kappa shape index (κ3) is 5.00. The van der Waals surface area contributed by atoms with Crippen molar-refractivity contribution in [3.63, 3.8) is 0 Å². The lowest BCUT2D eigenvalue weighted by Gasteiger charge is -2.22. The Labute approximate surface area is 88.8 Å². The first-order chi connectivity index (χ1) is 5.38. The lowest BCUT2D eigenvalue weighted by molar-refractivity contribution is 0.619. The van der Waals surface area contributed by atoms with E-state index in [4.69, 9.17) is 11.6 Å². The van der Waals surface area contributed by atoms with Crippen molar-refractivity contribution in [2.24, 2.45) is 0 Å². The maximum Gasteiger partial charge on any atom is 0.0515 e. The van der Waals surface area contributed by atoms with Gasteiger partial charge < -0.3 is 0 Å². The highest BCUT2D eigenvalue weighted by molar-refractivity contribution is 9.09. The van der Waals surface area contributed by atoms with Gasteiger partial charge in [-0.2, -0.15) is 0 Å². The molecule has 1 unspecified atom stereocenters. The van der Waals surface area contributed by atoms with E-state index in [1.165, 1.54) is 0 Å². The van der Waals surface area contributed by atoms with Crippen LogP contribution in [0.25, 0.3) is 0 Å². The van der Waals surface area contributed by atoms with Crippen molar-refractivity contribution in [2.75, 3.05) is 0 Å². The number of hydrogen-bond donors (Lipinski definition) is 0. The van der Waals surface area contributed by atoms with Crippen molar-refractivity contribution in [1.82, 2.24) is 0 Å². The summed E-state index contributed by atoms with van der Waals surface area (Å²) in [7, 11) is 0. The van der Waals surface area contributed by atoms with Crippen LogP contribution in [0.4, 0.5) is 0 Å². The second-order valence-electron chi connectivity index (χ2n) is 3.43. The molecule has 0 fully saturated rings. The number of halogens is 2. The molecule has 0 aromatic heterocycles. The maximum atomic E-state index is 6.11. The molecule has 0 spiro atoms. The molecule has 0 aromatic carbocycles. The van der Waals surface area contributed by atoms with Crippen LogP contribution in [0.2, 0.25) is 0 Å². The molecule has 0 N–H and O–H groups in total. The fourth-order valence-corrected chi connectivity index (χ4v) is 1.10. The minimum atomic E-state index is -0.193. The average Bonchev–Trinajstić information content (AvgIpc) is 1.97. The molecule has 0 aliphatic rings. The summed E-state index contributed by atoms with van der Waals surface area (Å²) in [5.41, 5.74) is 1.07. The van der Waals surface area contributed by atoms with E-state index in [1.54, 1.807) is 6.08 Å². The lowest BCUT2D eigenvalue weighted by atomic mass is 10.0. The molecule has 0 heterocycles. The number of allylic oxidation sites excluding steroid dienone is 2. The molecule has 0 aliphatic heterocycles. The Hall–Kier alpha value is 0.250. The molecule has 0 rings (SSSR count). The summed E-state index contributed by atoms with van der Waals surface area (Å²) in [4.78, 5) is 0.130. The van der Waals surface area contributed by atoms with Crippen molar-refractivity contribution >= 4 is 27.5 Å². The Bertz CT molecular complexity index is 167. The molecule has 70 valence electrons. The van der Waals surface area contributed by atoms with Gasteiger partial charge in [0.05, 0.1) is 4.87 Å². The van der Waals surface area contributed by atoms with E-state index < -0.39 is 0 Å². The number of alkyl halides is 2. The van der Waals surface area contributed by atoms with Gasteiger partial charge in [0, 0.05) is 4.83 Å². The third-order valence-electron chi connectivity index (χ3n) is 1.75. The molecule has 0 amide bonds. The van der Waals surface area contributed by atoms with Gasteiger partial charge in [-0.15, -0.1) is 11.6 Å². The van der Waals surface area contributed by atoms with Gasteiger partial charge in [-0.1, -0.05) is 40.7 Å². The Morgan fingerprint density at radius 3 is 2.50 bits per heavy atom. The normalized spacial score (nSPS) is 14.0. The summed E-state index contributed by atoms with van der Waals surface area (Å²) in [6, 6.07) is 0. The average molecular weight is 252 g/mol. The van der Waals surface area contributed by atoms with Crippen LogP contribution in [0.15, 0.2) is 24.8 Å². The molecule has 0 bridgehead atoms. The van der Waals surface area contributed by atoms with E-state index in [1.807, 2.05) is 13.8 Å². The minimum absolute atomic E-state index is 0.193. The van der Waals surface area contributed by atoms with Gasteiger partial charge in [0.1, 0.15) is 0 Å². The van der Waals surface area contributed by atoms with Crippen LogP contribution >= 0.6 is 27.5 Å². The van der Waals surface area contributed by atoms with Crippen LogP contribution in [0.3, 0.4) is 0 Å². The fourth-order valence-electron chi connectivity index (χ4n) is 0.757. The molecular formula is C10H16BrCl. The van der Waals surface area contributed by atoms with Crippen molar-refractivity contribution in [1.29, 1.82) is 0 Å². The van der Waals surface area contributed by atoms with E-state index in [0.717, 1.165) is 18.4 Å². The van der Waals surface area contributed by atoms with Gasteiger partial charge in [-0.05, 0) is 26.7 Å². The Balaban J connectivity index is 3.79. The Kier molecular flexibility index (Phi) is 5.19. The molecule has 0 saturated heterocycles. The van der Waals surface area contributed by atoms with Crippen molar-refractivity contribution < 1.29 is 0 Å². The molecule has 0 nitrogen and oxygen atoms in total. The monoisotopic (exact) mass is 250 g/mol. The zero-order valence-corrected chi connectivity index (χ0v) is 10.1. The Morgan fingerprint density at radius 1 is 1.67 bits per heavy atom. The standard InChI is InChI=1S/C10H16BrCl/c1-5-8(2)6-7-9(11)10(3,4)12/h5,9H,1-2,6-7H2,3-4H3. The van der Waals surface area contributed by atoms with Crippen LogP contribution in [0.1, 0.15) is 26.7 Å². The van der Waals surface area contributed by atoms with Gasteiger partial charge in [0.25, 0.3) is 0 Å². The lowest BCUT2D eigenvalue weighted by Crippen LogP contribution is -2.24. The van der Waals surface area contributed by atoms with Crippen molar-refractivity contribution in [3.05, 3.63) is 24.8 Å². The predicted octanol–water partition coefficient (Wildman–Crippen LogP) is 4.29. The summed E-state index contributed by atoms with van der Waals surface area (Å²) in [6.45, 7) is 11.5. The molecule has 0 saturated carbocycles. The molecule has 0 aromatic rings. The summed E-state index contributed by atoms with van der Waals surface area (Å²) < 4.78 is 0.